The van der Waals surface area contributed by atoms with Gasteiger partial charge in [0.25, 0.3) is 0 Å². The van der Waals surface area contributed by atoms with Gasteiger partial charge in [-0.3, -0.25) is 9.80 Å². The summed E-state index contributed by atoms with van der Waals surface area (Å²) >= 11 is 12.1. The zero-order chi connectivity index (χ0) is 26.3. The number of carbonyl (C=O) groups excluding carboxylic acids is 1. The number of urea groups is 1. The van der Waals surface area contributed by atoms with Crippen LogP contribution in [0.1, 0.15) is 5.56 Å². The highest BCUT2D eigenvalue weighted by atomic mass is 35.5. The standard InChI is InChI=1S/C25H22Cl2F3N3O3/c1-31(2)15-22-24(35,16-4-3-5-21(14-16)36-25(28,29)30)33(20-12-8-18(27)9-13-20)23(34)32(22)19-10-6-17(26)7-11-19/h3-14,22,35H,15H2,1-2H3. The van der Waals surface area contributed by atoms with Crippen molar-refractivity contribution in [2.75, 3.05) is 30.4 Å². The lowest BCUT2D eigenvalue weighted by molar-refractivity contribution is -0.274. The summed E-state index contributed by atoms with van der Waals surface area (Å²) in [7, 11) is 3.53. The normalized spacial score (nSPS) is 20.4. The smallest absolute Gasteiger partial charge is 0.406 e. The van der Waals surface area contributed by atoms with Crippen LogP contribution < -0.4 is 14.5 Å². The van der Waals surface area contributed by atoms with E-state index < -0.39 is 29.9 Å². The monoisotopic (exact) mass is 539 g/mol. The highest BCUT2D eigenvalue weighted by Gasteiger charge is 2.59. The van der Waals surface area contributed by atoms with Crippen molar-refractivity contribution in [3.05, 3.63) is 88.4 Å². The highest BCUT2D eigenvalue weighted by molar-refractivity contribution is 6.31. The minimum Gasteiger partial charge on any atom is -0.406 e. The number of ether oxygens (including phenoxy) is 1. The molecule has 2 unspecified atom stereocenters. The summed E-state index contributed by atoms with van der Waals surface area (Å²) in [6.07, 6.45) is -4.93. The predicted molar refractivity (Wildman–Crippen MR) is 133 cm³/mol. The van der Waals surface area contributed by atoms with Gasteiger partial charge in [-0.25, -0.2) is 4.79 Å². The maximum Gasteiger partial charge on any atom is 0.573 e. The van der Waals surface area contributed by atoms with Gasteiger partial charge in [0.1, 0.15) is 11.8 Å². The molecule has 0 aliphatic carbocycles. The number of anilines is 2. The van der Waals surface area contributed by atoms with Gasteiger partial charge in [0.05, 0.1) is 0 Å². The van der Waals surface area contributed by atoms with Gasteiger partial charge < -0.3 is 14.7 Å². The number of rotatable bonds is 6. The Balaban J connectivity index is 1.94. The van der Waals surface area contributed by atoms with Crippen LogP contribution >= 0.6 is 23.2 Å². The van der Waals surface area contributed by atoms with Gasteiger partial charge in [-0.2, -0.15) is 0 Å². The first-order valence-corrected chi connectivity index (χ1v) is 11.5. The number of alkyl halides is 3. The number of hydrogen-bond donors (Lipinski definition) is 1. The fourth-order valence-corrected chi connectivity index (χ4v) is 4.56. The molecule has 1 fully saturated rings. The third kappa shape index (κ3) is 5.10. The van der Waals surface area contributed by atoms with Crippen molar-refractivity contribution in [1.82, 2.24) is 4.90 Å². The predicted octanol–water partition coefficient (Wildman–Crippen LogP) is 6.11. The maximum atomic E-state index is 14.0. The summed E-state index contributed by atoms with van der Waals surface area (Å²) in [5.74, 6) is -0.523. The van der Waals surface area contributed by atoms with Gasteiger partial charge in [-0.15, -0.1) is 13.2 Å². The van der Waals surface area contributed by atoms with Gasteiger partial charge in [0.15, 0.2) is 5.72 Å². The van der Waals surface area contributed by atoms with E-state index in [4.69, 9.17) is 23.2 Å². The van der Waals surface area contributed by atoms with Crippen molar-refractivity contribution in [2.45, 2.75) is 18.1 Å². The Morgan fingerprint density at radius 1 is 0.972 bits per heavy atom. The van der Waals surface area contributed by atoms with Crippen molar-refractivity contribution in [1.29, 1.82) is 0 Å². The van der Waals surface area contributed by atoms with E-state index in [2.05, 4.69) is 4.74 Å². The quantitative estimate of drug-likeness (QED) is 0.410. The lowest BCUT2D eigenvalue weighted by Gasteiger charge is -2.38. The molecule has 4 rings (SSSR count). The molecule has 3 aromatic rings. The number of carbonyl (C=O) groups is 1. The van der Waals surface area contributed by atoms with Crippen LogP contribution in [0.15, 0.2) is 72.8 Å². The van der Waals surface area contributed by atoms with E-state index in [-0.39, 0.29) is 12.1 Å². The number of benzene rings is 3. The molecule has 11 heteroatoms. The third-order valence-electron chi connectivity index (χ3n) is 5.73. The van der Waals surface area contributed by atoms with Gasteiger partial charge in [-0.1, -0.05) is 35.3 Å². The Morgan fingerprint density at radius 2 is 1.53 bits per heavy atom. The van der Waals surface area contributed by atoms with E-state index in [1.807, 2.05) is 0 Å². The molecular weight excluding hydrogens is 518 g/mol. The average Bonchev–Trinajstić information content (AvgIpc) is 3.01. The zero-order valence-corrected chi connectivity index (χ0v) is 20.7. The fourth-order valence-electron chi connectivity index (χ4n) is 4.30. The molecule has 1 aliphatic heterocycles. The molecule has 0 saturated carbocycles. The molecule has 1 aliphatic rings. The van der Waals surface area contributed by atoms with Crippen LogP contribution in [0.4, 0.5) is 29.3 Å². The summed E-state index contributed by atoms with van der Waals surface area (Å²) in [4.78, 5) is 18.3. The van der Waals surface area contributed by atoms with Gasteiger partial charge >= 0.3 is 12.4 Å². The van der Waals surface area contributed by atoms with Crippen molar-refractivity contribution in [3.63, 3.8) is 0 Å². The molecule has 2 amide bonds. The number of amides is 2. The largest absolute Gasteiger partial charge is 0.573 e. The molecule has 6 nitrogen and oxygen atoms in total. The molecule has 36 heavy (non-hydrogen) atoms. The fraction of sp³-hybridized carbons (Fsp3) is 0.240. The van der Waals surface area contributed by atoms with E-state index in [1.165, 1.54) is 17.0 Å². The van der Waals surface area contributed by atoms with E-state index in [0.717, 1.165) is 17.0 Å². The van der Waals surface area contributed by atoms with Crippen molar-refractivity contribution in [2.24, 2.45) is 0 Å². The van der Waals surface area contributed by atoms with Crippen molar-refractivity contribution in [3.8, 4) is 5.75 Å². The number of nitrogens with zero attached hydrogens (tertiary/aromatic N) is 3. The van der Waals surface area contributed by atoms with Gasteiger partial charge in [0.2, 0.25) is 0 Å². The minimum absolute atomic E-state index is 0.0378. The molecule has 0 aromatic heterocycles. The first-order valence-electron chi connectivity index (χ1n) is 10.8. The first kappa shape index (κ1) is 26.1. The maximum absolute atomic E-state index is 14.0. The van der Waals surface area contributed by atoms with Crippen molar-refractivity contribution < 1.29 is 27.8 Å². The van der Waals surface area contributed by atoms with Gasteiger partial charge in [0, 0.05) is 33.5 Å². The Kier molecular flexibility index (Phi) is 7.12. The van der Waals surface area contributed by atoms with E-state index in [1.54, 1.807) is 67.5 Å². The second kappa shape index (κ2) is 9.82. The van der Waals surface area contributed by atoms with Crippen LogP contribution in [0.2, 0.25) is 10.0 Å². The lowest BCUT2D eigenvalue weighted by Crippen LogP contribution is -2.53. The first-order chi connectivity index (χ1) is 16.9. The number of halogens is 5. The Bertz CT molecular complexity index is 1240. The van der Waals surface area contributed by atoms with Crippen LogP contribution in [0.25, 0.3) is 0 Å². The third-order valence-corrected chi connectivity index (χ3v) is 6.24. The molecule has 1 saturated heterocycles. The van der Waals surface area contributed by atoms with Crippen LogP contribution in [0.3, 0.4) is 0 Å². The molecular formula is C25H22Cl2F3N3O3. The second-order valence-electron chi connectivity index (χ2n) is 8.52. The van der Waals surface area contributed by atoms with E-state index in [0.29, 0.717) is 21.4 Å². The summed E-state index contributed by atoms with van der Waals surface area (Å²) in [6.45, 7) is 0.166. The average molecular weight is 540 g/mol. The molecule has 0 spiro atoms. The lowest BCUT2D eigenvalue weighted by atomic mass is 9.92. The van der Waals surface area contributed by atoms with E-state index in [9.17, 15) is 23.1 Å². The molecule has 2 atom stereocenters. The van der Waals surface area contributed by atoms with Crippen LogP contribution in [-0.4, -0.2) is 49.1 Å². The Morgan fingerprint density at radius 3 is 2.06 bits per heavy atom. The number of likely N-dealkylation sites (N-methyl/N-ethyl adjacent to an activating group) is 1. The molecule has 3 aromatic carbocycles. The van der Waals surface area contributed by atoms with E-state index >= 15 is 0 Å². The number of aliphatic hydroxyl groups is 1. The van der Waals surface area contributed by atoms with Crippen LogP contribution in [-0.2, 0) is 5.72 Å². The van der Waals surface area contributed by atoms with Crippen LogP contribution in [0, 0.1) is 0 Å². The highest BCUT2D eigenvalue weighted by Crippen LogP contribution is 2.46. The minimum atomic E-state index is -4.93. The molecule has 1 heterocycles. The van der Waals surface area contributed by atoms with Crippen LogP contribution in [0.5, 0.6) is 5.75 Å². The summed E-state index contributed by atoms with van der Waals surface area (Å²) in [5.41, 5.74) is -1.31. The molecule has 190 valence electrons. The summed E-state index contributed by atoms with van der Waals surface area (Å²) < 4.78 is 43.0. The molecule has 0 radical (unpaired) electrons. The SMILES string of the molecule is CN(C)CC1N(c2ccc(Cl)cc2)C(=O)N(c2ccc(Cl)cc2)C1(O)c1cccc(OC(F)(F)F)c1. The summed E-state index contributed by atoms with van der Waals surface area (Å²) in [6, 6.07) is 16.2. The number of hydrogen-bond acceptors (Lipinski definition) is 4. The van der Waals surface area contributed by atoms with Gasteiger partial charge in [-0.05, 0) is 74.8 Å². The molecule has 1 N–H and O–H groups in total. The summed E-state index contributed by atoms with van der Waals surface area (Å²) in [5, 5.41) is 13.2. The Hall–Kier alpha value is -2.98. The zero-order valence-electron chi connectivity index (χ0n) is 19.2. The Labute approximate surface area is 216 Å². The molecule has 0 bridgehead atoms. The topological polar surface area (TPSA) is 56.2 Å². The second-order valence-corrected chi connectivity index (χ2v) is 9.39. The van der Waals surface area contributed by atoms with Crippen molar-refractivity contribution >= 4 is 40.6 Å².